The lowest BCUT2D eigenvalue weighted by Crippen LogP contribution is -2.21. The molecule has 126 valence electrons. The van der Waals surface area contributed by atoms with Gasteiger partial charge in [0.1, 0.15) is 5.75 Å². The minimum atomic E-state index is -0.489. The van der Waals surface area contributed by atoms with Crippen LogP contribution in [0.5, 0.6) is 5.75 Å². The van der Waals surface area contributed by atoms with Crippen molar-refractivity contribution in [2.24, 2.45) is 0 Å². The van der Waals surface area contributed by atoms with Gasteiger partial charge < -0.3 is 10.1 Å². The first kappa shape index (κ1) is 17.9. The lowest BCUT2D eigenvalue weighted by Gasteiger charge is -2.14. The van der Waals surface area contributed by atoms with Gasteiger partial charge in [0.15, 0.2) is 6.61 Å². The van der Waals surface area contributed by atoms with E-state index in [0.29, 0.717) is 5.75 Å². The van der Waals surface area contributed by atoms with Gasteiger partial charge in [-0.15, -0.1) is 0 Å². The first-order chi connectivity index (χ1) is 11.4. The van der Waals surface area contributed by atoms with Gasteiger partial charge in [0.25, 0.3) is 11.6 Å². The lowest BCUT2D eigenvalue weighted by molar-refractivity contribution is -0.384. The number of nitro groups is 1. The molecule has 0 fully saturated rings. The van der Waals surface area contributed by atoms with Gasteiger partial charge in [-0.25, -0.2) is 0 Å². The van der Waals surface area contributed by atoms with Crippen LogP contribution >= 0.6 is 15.9 Å². The van der Waals surface area contributed by atoms with E-state index in [0.717, 1.165) is 15.7 Å². The van der Waals surface area contributed by atoms with Crippen molar-refractivity contribution < 1.29 is 14.5 Å². The van der Waals surface area contributed by atoms with E-state index >= 15 is 0 Å². The number of carbonyl (C=O) groups is 1. The van der Waals surface area contributed by atoms with Crippen LogP contribution in [0, 0.1) is 10.1 Å². The fourth-order valence-corrected chi connectivity index (χ4v) is 2.50. The number of rotatable bonds is 6. The van der Waals surface area contributed by atoms with E-state index < -0.39 is 4.92 Å². The summed E-state index contributed by atoms with van der Waals surface area (Å²) in [6.07, 6.45) is 0. The Morgan fingerprint density at radius 1 is 1.25 bits per heavy atom. The number of hydrogen-bond acceptors (Lipinski definition) is 4. The minimum absolute atomic E-state index is 0.0248. The summed E-state index contributed by atoms with van der Waals surface area (Å²) in [5, 5.41) is 13.4. The van der Waals surface area contributed by atoms with E-state index in [-0.39, 0.29) is 24.1 Å². The van der Waals surface area contributed by atoms with Crippen LogP contribution < -0.4 is 10.1 Å². The van der Waals surface area contributed by atoms with Crippen LogP contribution in [0.2, 0.25) is 0 Å². The molecule has 24 heavy (non-hydrogen) atoms. The molecule has 0 aromatic heterocycles. The third-order valence-corrected chi connectivity index (χ3v) is 3.82. The van der Waals surface area contributed by atoms with Crippen LogP contribution in [0.3, 0.4) is 0 Å². The maximum atomic E-state index is 12.1. The van der Waals surface area contributed by atoms with Gasteiger partial charge in [-0.2, -0.15) is 0 Å². The summed E-state index contributed by atoms with van der Waals surface area (Å²) in [6.45, 7) is 3.92. The normalized spacial score (nSPS) is 10.5. The zero-order valence-electron chi connectivity index (χ0n) is 13.3. The molecule has 0 saturated heterocycles. The molecule has 1 amide bonds. The molecule has 0 radical (unpaired) electrons. The highest BCUT2D eigenvalue weighted by atomic mass is 79.9. The van der Waals surface area contributed by atoms with Crippen molar-refractivity contribution in [1.82, 2.24) is 0 Å². The molecule has 2 aromatic rings. The molecule has 0 heterocycles. The number of carbonyl (C=O) groups excluding carboxylic acids is 1. The maximum absolute atomic E-state index is 12.1. The zero-order chi connectivity index (χ0) is 17.7. The Labute approximate surface area is 148 Å². The second-order valence-corrected chi connectivity index (χ2v) is 6.39. The Balaban J connectivity index is 1.97. The fraction of sp³-hybridized carbons (Fsp3) is 0.235. The fourth-order valence-electron chi connectivity index (χ4n) is 2.12. The summed E-state index contributed by atoms with van der Waals surface area (Å²) in [5.41, 5.74) is 1.74. The van der Waals surface area contributed by atoms with Crippen molar-refractivity contribution in [3.63, 3.8) is 0 Å². The number of ether oxygens (including phenoxy) is 1. The van der Waals surface area contributed by atoms with Gasteiger partial charge in [0, 0.05) is 22.3 Å². The van der Waals surface area contributed by atoms with E-state index in [9.17, 15) is 14.9 Å². The van der Waals surface area contributed by atoms with Gasteiger partial charge in [0.05, 0.1) is 4.92 Å². The Morgan fingerprint density at radius 3 is 2.50 bits per heavy atom. The molecule has 0 bridgehead atoms. The van der Waals surface area contributed by atoms with E-state index in [1.54, 1.807) is 0 Å². The Kier molecular flexibility index (Phi) is 5.92. The molecule has 0 aliphatic heterocycles. The molecule has 0 spiro atoms. The highest BCUT2D eigenvalue weighted by Crippen LogP contribution is 2.27. The number of non-ortho nitro benzene ring substituents is 1. The van der Waals surface area contributed by atoms with Crippen molar-refractivity contribution >= 4 is 33.2 Å². The molecule has 2 aromatic carbocycles. The van der Waals surface area contributed by atoms with Crippen LogP contribution in [0.15, 0.2) is 46.9 Å². The average Bonchev–Trinajstić information content (AvgIpc) is 2.54. The molecule has 0 saturated carbocycles. The molecular formula is C17H17BrN2O4. The maximum Gasteiger partial charge on any atom is 0.269 e. The minimum Gasteiger partial charge on any atom is -0.484 e. The van der Waals surface area contributed by atoms with Crippen LogP contribution in [0.25, 0.3) is 0 Å². The Hall–Kier alpha value is -2.41. The van der Waals surface area contributed by atoms with Gasteiger partial charge in [0.2, 0.25) is 0 Å². The second-order valence-electron chi connectivity index (χ2n) is 5.47. The number of benzene rings is 2. The topological polar surface area (TPSA) is 81.5 Å². The first-order valence-electron chi connectivity index (χ1n) is 7.33. The van der Waals surface area contributed by atoms with E-state index in [1.807, 2.05) is 32.0 Å². The number of halogens is 1. The van der Waals surface area contributed by atoms with E-state index in [4.69, 9.17) is 4.74 Å². The van der Waals surface area contributed by atoms with Crippen molar-refractivity contribution in [3.05, 3.63) is 62.6 Å². The molecule has 1 N–H and O–H groups in total. The molecule has 6 nitrogen and oxygen atoms in total. The summed E-state index contributed by atoms with van der Waals surface area (Å²) in [6, 6.07) is 11.3. The molecule has 0 aliphatic rings. The molecule has 0 unspecified atom stereocenters. The highest BCUT2D eigenvalue weighted by Gasteiger charge is 2.11. The second kappa shape index (κ2) is 7.92. The number of nitro benzene ring substituents is 1. The van der Waals surface area contributed by atoms with Crippen molar-refractivity contribution in [1.29, 1.82) is 0 Å². The Morgan fingerprint density at radius 2 is 1.92 bits per heavy atom. The number of anilines is 1. The van der Waals surface area contributed by atoms with Gasteiger partial charge in [-0.1, -0.05) is 29.8 Å². The number of nitrogens with zero attached hydrogens (tertiary/aromatic N) is 1. The Bertz CT molecular complexity index is 745. The largest absolute Gasteiger partial charge is 0.484 e. The quantitative estimate of drug-likeness (QED) is 0.579. The van der Waals surface area contributed by atoms with Gasteiger partial charge in [-0.05, 0) is 41.8 Å². The lowest BCUT2D eigenvalue weighted by atomic mass is 10.0. The SMILES string of the molecule is CC(C)c1cc(Br)ccc1NC(=O)COc1ccc([N+](=O)[O-])cc1. The van der Waals surface area contributed by atoms with Crippen LogP contribution in [-0.4, -0.2) is 17.4 Å². The molecule has 2 rings (SSSR count). The predicted molar refractivity (Wildman–Crippen MR) is 95.5 cm³/mol. The number of nitrogens with one attached hydrogen (secondary N) is 1. The average molecular weight is 393 g/mol. The zero-order valence-corrected chi connectivity index (χ0v) is 14.9. The van der Waals surface area contributed by atoms with Crippen molar-refractivity contribution in [3.8, 4) is 5.75 Å². The summed E-state index contributed by atoms with van der Waals surface area (Å²) in [5.74, 6) is 0.363. The van der Waals surface area contributed by atoms with Crippen LogP contribution in [0.1, 0.15) is 25.3 Å². The molecule has 0 aliphatic carbocycles. The van der Waals surface area contributed by atoms with Crippen LogP contribution in [0.4, 0.5) is 11.4 Å². The summed E-state index contributed by atoms with van der Waals surface area (Å²) in [4.78, 5) is 22.2. The third-order valence-electron chi connectivity index (χ3n) is 3.33. The number of amides is 1. The van der Waals surface area contributed by atoms with Crippen molar-refractivity contribution in [2.45, 2.75) is 19.8 Å². The molecule has 7 heteroatoms. The monoisotopic (exact) mass is 392 g/mol. The predicted octanol–water partition coefficient (Wildman–Crippen LogP) is 4.50. The highest BCUT2D eigenvalue weighted by molar-refractivity contribution is 9.10. The van der Waals surface area contributed by atoms with E-state index in [1.165, 1.54) is 24.3 Å². The summed E-state index contributed by atoms with van der Waals surface area (Å²) >= 11 is 3.42. The summed E-state index contributed by atoms with van der Waals surface area (Å²) < 4.78 is 6.31. The standard InChI is InChI=1S/C17H17BrN2O4/c1-11(2)15-9-12(18)3-8-16(15)19-17(21)10-24-14-6-4-13(5-7-14)20(22)23/h3-9,11H,10H2,1-2H3,(H,19,21). The van der Waals surface area contributed by atoms with Crippen LogP contribution in [-0.2, 0) is 4.79 Å². The smallest absolute Gasteiger partial charge is 0.269 e. The first-order valence-corrected chi connectivity index (χ1v) is 8.12. The van der Waals surface area contributed by atoms with Gasteiger partial charge in [-0.3, -0.25) is 14.9 Å². The van der Waals surface area contributed by atoms with E-state index in [2.05, 4.69) is 21.2 Å². The van der Waals surface area contributed by atoms with Gasteiger partial charge >= 0.3 is 0 Å². The molecule has 0 atom stereocenters. The van der Waals surface area contributed by atoms with Crippen molar-refractivity contribution in [2.75, 3.05) is 11.9 Å². The summed E-state index contributed by atoms with van der Waals surface area (Å²) in [7, 11) is 0. The molecular weight excluding hydrogens is 376 g/mol. The third kappa shape index (κ3) is 4.79. The number of hydrogen-bond donors (Lipinski definition) is 1.